The molecule has 126 valence electrons. The fraction of sp³-hybridized carbons (Fsp3) is 0.474. The van der Waals surface area contributed by atoms with Crippen LogP contribution in [0.2, 0.25) is 0 Å². The molecule has 2 fully saturated rings. The lowest BCUT2D eigenvalue weighted by Crippen LogP contribution is -2.25. The number of rotatable bonds is 5. The van der Waals surface area contributed by atoms with E-state index in [0.717, 1.165) is 31.4 Å². The second-order valence-electron chi connectivity index (χ2n) is 6.61. The van der Waals surface area contributed by atoms with Crippen molar-refractivity contribution < 1.29 is 18.7 Å². The molecule has 0 spiro atoms. The normalized spacial score (nSPS) is 21.6. The Hall–Kier alpha value is -2.14. The average Bonchev–Trinajstić information content (AvgIpc) is 3.14. The van der Waals surface area contributed by atoms with E-state index in [1.807, 2.05) is 37.3 Å². The molecule has 24 heavy (non-hydrogen) atoms. The predicted molar refractivity (Wildman–Crippen MR) is 87.7 cm³/mol. The highest BCUT2D eigenvalue weighted by Gasteiger charge is 2.36. The maximum absolute atomic E-state index is 12.6. The van der Waals surface area contributed by atoms with Gasteiger partial charge in [-0.25, -0.2) is 9.78 Å². The van der Waals surface area contributed by atoms with Gasteiger partial charge in [0.1, 0.15) is 11.9 Å². The van der Waals surface area contributed by atoms with Gasteiger partial charge in [0.2, 0.25) is 5.89 Å². The minimum Gasteiger partial charge on any atom is -0.457 e. The molecule has 1 saturated carbocycles. The average molecular weight is 327 g/mol. The van der Waals surface area contributed by atoms with Crippen molar-refractivity contribution in [2.45, 2.75) is 38.2 Å². The van der Waals surface area contributed by atoms with Crippen molar-refractivity contribution >= 4 is 5.97 Å². The molecule has 2 heterocycles. The SMILES string of the molecule is C[C@@H](OC(=O)c1nc(-c2ccccc2)oc1C1CC1)[C@@H]1CCOC1. The summed E-state index contributed by atoms with van der Waals surface area (Å²) in [5.41, 5.74) is 1.21. The topological polar surface area (TPSA) is 61.6 Å². The zero-order chi connectivity index (χ0) is 16.5. The Balaban J connectivity index is 1.57. The molecule has 2 atom stereocenters. The van der Waals surface area contributed by atoms with Crippen LogP contribution in [0.4, 0.5) is 0 Å². The second-order valence-corrected chi connectivity index (χ2v) is 6.61. The number of hydrogen-bond donors (Lipinski definition) is 0. The summed E-state index contributed by atoms with van der Waals surface area (Å²) in [7, 11) is 0. The van der Waals surface area contributed by atoms with Crippen LogP contribution >= 0.6 is 0 Å². The molecule has 1 aliphatic heterocycles. The molecule has 0 bridgehead atoms. The van der Waals surface area contributed by atoms with Gasteiger partial charge in [0.25, 0.3) is 0 Å². The molecule has 1 aromatic heterocycles. The fourth-order valence-electron chi connectivity index (χ4n) is 3.05. The van der Waals surface area contributed by atoms with Crippen molar-refractivity contribution in [2.24, 2.45) is 5.92 Å². The van der Waals surface area contributed by atoms with Gasteiger partial charge in [0, 0.05) is 24.0 Å². The van der Waals surface area contributed by atoms with Gasteiger partial charge in [0.05, 0.1) is 6.61 Å². The second kappa shape index (κ2) is 6.40. The first-order valence-electron chi connectivity index (χ1n) is 8.57. The maximum atomic E-state index is 12.6. The molecule has 4 rings (SSSR count). The lowest BCUT2D eigenvalue weighted by Gasteiger charge is -2.17. The van der Waals surface area contributed by atoms with Crippen molar-refractivity contribution in [3.8, 4) is 11.5 Å². The highest BCUT2D eigenvalue weighted by atomic mass is 16.5. The lowest BCUT2D eigenvalue weighted by atomic mass is 10.0. The van der Waals surface area contributed by atoms with Crippen LogP contribution in [0.15, 0.2) is 34.7 Å². The summed E-state index contributed by atoms with van der Waals surface area (Å²) in [6, 6.07) is 9.65. The summed E-state index contributed by atoms with van der Waals surface area (Å²) in [6.07, 6.45) is 2.83. The molecule has 1 saturated heterocycles. The highest BCUT2D eigenvalue weighted by molar-refractivity contribution is 5.89. The van der Waals surface area contributed by atoms with E-state index in [2.05, 4.69) is 4.98 Å². The van der Waals surface area contributed by atoms with Gasteiger partial charge in [-0.05, 0) is 38.3 Å². The Morgan fingerprint density at radius 1 is 1.25 bits per heavy atom. The van der Waals surface area contributed by atoms with Crippen molar-refractivity contribution in [3.63, 3.8) is 0 Å². The Morgan fingerprint density at radius 3 is 2.71 bits per heavy atom. The summed E-state index contributed by atoms with van der Waals surface area (Å²) in [5, 5.41) is 0. The molecular weight excluding hydrogens is 306 g/mol. The molecule has 0 radical (unpaired) electrons. The first kappa shape index (κ1) is 15.4. The molecule has 5 nitrogen and oxygen atoms in total. The smallest absolute Gasteiger partial charge is 0.360 e. The molecule has 2 aliphatic rings. The number of oxazole rings is 1. The van der Waals surface area contributed by atoms with Crippen molar-refractivity contribution in [3.05, 3.63) is 41.8 Å². The van der Waals surface area contributed by atoms with Crippen LogP contribution < -0.4 is 0 Å². The van der Waals surface area contributed by atoms with Gasteiger partial charge >= 0.3 is 5.97 Å². The quantitative estimate of drug-likeness (QED) is 0.782. The number of hydrogen-bond acceptors (Lipinski definition) is 5. The largest absolute Gasteiger partial charge is 0.457 e. The van der Waals surface area contributed by atoms with Crippen molar-refractivity contribution in [1.29, 1.82) is 0 Å². The molecule has 2 aromatic rings. The maximum Gasteiger partial charge on any atom is 0.360 e. The highest BCUT2D eigenvalue weighted by Crippen LogP contribution is 2.43. The first-order valence-corrected chi connectivity index (χ1v) is 8.57. The molecule has 1 aliphatic carbocycles. The third kappa shape index (κ3) is 3.08. The van der Waals surface area contributed by atoms with E-state index in [0.29, 0.717) is 29.9 Å². The third-order valence-corrected chi connectivity index (χ3v) is 4.74. The van der Waals surface area contributed by atoms with Crippen LogP contribution in [0.5, 0.6) is 0 Å². The van der Waals surface area contributed by atoms with Gasteiger partial charge in [-0.2, -0.15) is 0 Å². The van der Waals surface area contributed by atoms with Crippen molar-refractivity contribution in [2.75, 3.05) is 13.2 Å². The Bertz CT molecular complexity index is 714. The summed E-state index contributed by atoms with van der Waals surface area (Å²) in [5.74, 6) is 1.33. The van der Waals surface area contributed by atoms with Gasteiger partial charge in [-0.15, -0.1) is 0 Å². The standard InChI is InChI=1S/C19H21NO4/c1-12(15-9-10-22-11-15)23-19(21)16-17(13-7-8-13)24-18(20-16)14-5-3-2-4-6-14/h2-6,12-13,15H,7-11H2,1H3/t12-,15-/m1/s1. The Morgan fingerprint density at radius 2 is 2.04 bits per heavy atom. The van der Waals surface area contributed by atoms with E-state index in [4.69, 9.17) is 13.9 Å². The van der Waals surface area contributed by atoms with E-state index in [-0.39, 0.29) is 18.0 Å². The zero-order valence-corrected chi connectivity index (χ0v) is 13.7. The summed E-state index contributed by atoms with van der Waals surface area (Å²) < 4.78 is 16.9. The first-order chi connectivity index (χ1) is 11.7. The fourth-order valence-corrected chi connectivity index (χ4v) is 3.05. The monoisotopic (exact) mass is 327 g/mol. The predicted octanol–water partition coefficient (Wildman–Crippen LogP) is 3.80. The van der Waals surface area contributed by atoms with Crippen LogP contribution in [-0.4, -0.2) is 30.3 Å². The van der Waals surface area contributed by atoms with Gasteiger partial charge in [0.15, 0.2) is 5.69 Å². The number of nitrogens with zero attached hydrogens (tertiary/aromatic N) is 1. The van der Waals surface area contributed by atoms with Gasteiger partial charge in [-0.1, -0.05) is 18.2 Å². The van der Waals surface area contributed by atoms with E-state index in [9.17, 15) is 4.79 Å². The summed E-state index contributed by atoms with van der Waals surface area (Å²) in [4.78, 5) is 17.1. The molecule has 5 heteroatoms. The van der Waals surface area contributed by atoms with Crippen LogP contribution in [0.3, 0.4) is 0 Å². The van der Waals surface area contributed by atoms with E-state index in [1.54, 1.807) is 0 Å². The van der Waals surface area contributed by atoms with Crippen LogP contribution in [0, 0.1) is 5.92 Å². The van der Waals surface area contributed by atoms with Gasteiger partial charge in [-0.3, -0.25) is 0 Å². The summed E-state index contributed by atoms with van der Waals surface area (Å²) in [6.45, 7) is 3.31. The van der Waals surface area contributed by atoms with Gasteiger partial charge < -0.3 is 13.9 Å². The molecule has 0 N–H and O–H groups in total. The minimum absolute atomic E-state index is 0.177. The number of ether oxygens (including phenoxy) is 2. The Labute approximate surface area is 141 Å². The van der Waals surface area contributed by atoms with Crippen LogP contribution in [0.1, 0.15) is 48.4 Å². The van der Waals surface area contributed by atoms with E-state index >= 15 is 0 Å². The number of esters is 1. The summed E-state index contributed by atoms with van der Waals surface area (Å²) >= 11 is 0. The zero-order valence-electron chi connectivity index (χ0n) is 13.7. The number of carbonyl (C=O) groups is 1. The molecule has 0 amide bonds. The minimum atomic E-state index is -0.387. The molecule has 0 unspecified atom stereocenters. The van der Waals surface area contributed by atoms with Crippen molar-refractivity contribution in [1.82, 2.24) is 4.98 Å². The number of carbonyl (C=O) groups excluding carboxylic acids is 1. The number of benzene rings is 1. The Kier molecular flexibility index (Phi) is 4.10. The van der Waals surface area contributed by atoms with Crippen LogP contribution in [0.25, 0.3) is 11.5 Å². The van der Waals surface area contributed by atoms with E-state index in [1.165, 1.54) is 0 Å². The third-order valence-electron chi connectivity index (χ3n) is 4.74. The molecular formula is C19H21NO4. The van der Waals surface area contributed by atoms with E-state index < -0.39 is 0 Å². The number of aromatic nitrogens is 1. The molecule has 1 aromatic carbocycles. The van der Waals surface area contributed by atoms with Crippen LogP contribution in [-0.2, 0) is 9.47 Å². The lowest BCUT2D eigenvalue weighted by molar-refractivity contribution is 0.0172.